The van der Waals surface area contributed by atoms with E-state index in [4.69, 9.17) is 16.3 Å². The average Bonchev–Trinajstić information content (AvgIpc) is 2.83. The van der Waals surface area contributed by atoms with Crippen molar-refractivity contribution in [3.8, 4) is 0 Å². The van der Waals surface area contributed by atoms with E-state index in [0.29, 0.717) is 23.7 Å². The van der Waals surface area contributed by atoms with E-state index in [1.54, 1.807) is 25.4 Å². The molecule has 0 spiro atoms. The topological polar surface area (TPSA) is 104 Å². The summed E-state index contributed by atoms with van der Waals surface area (Å²) in [6.07, 6.45) is 1.93. The number of halogens is 1. The highest BCUT2D eigenvalue weighted by Crippen LogP contribution is 2.17. The molecule has 9 heteroatoms. The van der Waals surface area contributed by atoms with Gasteiger partial charge < -0.3 is 20.1 Å². The van der Waals surface area contributed by atoms with Crippen molar-refractivity contribution < 1.29 is 19.4 Å². The molecule has 0 aliphatic carbocycles. The van der Waals surface area contributed by atoms with Gasteiger partial charge >= 0.3 is 12.1 Å². The van der Waals surface area contributed by atoms with E-state index in [9.17, 15) is 14.7 Å². The number of pyridine rings is 1. The molecule has 1 atom stereocenters. The summed E-state index contributed by atoms with van der Waals surface area (Å²) in [6.45, 7) is 0.207. The van der Waals surface area contributed by atoms with Crippen molar-refractivity contribution in [2.45, 2.75) is 25.4 Å². The lowest BCUT2D eigenvalue weighted by molar-refractivity contribution is 0.110. The van der Waals surface area contributed by atoms with Gasteiger partial charge in [-0.2, -0.15) is 0 Å². The summed E-state index contributed by atoms with van der Waals surface area (Å²) in [6, 6.07) is 15.9. The van der Waals surface area contributed by atoms with Crippen LogP contribution in [0.4, 0.5) is 15.4 Å². The third-order valence-electron chi connectivity index (χ3n) is 5.22. The maximum atomic E-state index is 12.6. The van der Waals surface area contributed by atoms with E-state index in [0.717, 1.165) is 16.3 Å². The Morgan fingerprint density at radius 3 is 2.64 bits per heavy atom. The summed E-state index contributed by atoms with van der Waals surface area (Å²) in [7, 11) is 1.62. The number of urea groups is 1. The molecule has 0 fully saturated rings. The van der Waals surface area contributed by atoms with Crippen molar-refractivity contribution in [1.29, 1.82) is 0 Å². The molecule has 8 nitrogen and oxygen atoms in total. The Hall–Kier alpha value is -3.36. The first-order chi connectivity index (χ1) is 16.0. The molecule has 3 rings (SSSR count). The number of aromatic nitrogens is 1. The van der Waals surface area contributed by atoms with Crippen LogP contribution in [0.1, 0.15) is 18.4 Å². The molecule has 3 aromatic rings. The molecular formula is C24H27ClN4O4. The highest BCUT2D eigenvalue weighted by molar-refractivity contribution is 6.31. The Morgan fingerprint density at radius 1 is 1.15 bits per heavy atom. The van der Waals surface area contributed by atoms with E-state index >= 15 is 0 Å². The molecule has 174 valence electrons. The van der Waals surface area contributed by atoms with Gasteiger partial charge in [-0.3, -0.25) is 5.32 Å². The van der Waals surface area contributed by atoms with Gasteiger partial charge in [-0.25, -0.2) is 14.6 Å². The summed E-state index contributed by atoms with van der Waals surface area (Å²) in [5.41, 5.74) is 0.798. The fourth-order valence-corrected chi connectivity index (χ4v) is 3.49. The normalized spacial score (nSPS) is 11.6. The maximum absolute atomic E-state index is 12.6. The van der Waals surface area contributed by atoms with Crippen LogP contribution in [0.25, 0.3) is 10.8 Å². The molecule has 2 aromatic carbocycles. The van der Waals surface area contributed by atoms with Crippen molar-refractivity contribution in [2.75, 3.05) is 25.6 Å². The highest BCUT2D eigenvalue weighted by atomic mass is 35.5. The van der Waals surface area contributed by atoms with Crippen LogP contribution >= 0.6 is 11.6 Å². The standard InChI is InChI=1S/C24H27ClN4O4/c1-29(23(31)27-15-19-9-4-5-11-21(19)25)20(10-6-12-30)16-33-24(32)28-22-13-17-7-2-3-8-18(17)14-26-22/h2-5,7-9,11,13-14,20,30H,6,10,12,15-16H2,1H3,(H,27,31)(H,26,28,32)/t20-/m0/s1. The van der Waals surface area contributed by atoms with Gasteiger partial charge in [0.25, 0.3) is 0 Å². The molecule has 0 unspecified atom stereocenters. The third kappa shape index (κ3) is 7.06. The van der Waals surface area contributed by atoms with Crippen LogP contribution in [0.15, 0.2) is 60.8 Å². The van der Waals surface area contributed by atoms with Gasteiger partial charge in [-0.15, -0.1) is 0 Å². The second kappa shape index (κ2) is 12.0. The molecule has 0 aliphatic rings. The molecule has 0 saturated heterocycles. The molecule has 3 N–H and O–H groups in total. The fourth-order valence-electron chi connectivity index (χ4n) is 3.28. The van der Waals surface area contributed by atoms with E-state index in [1.807, 2.05) is 42.5 Å². The molecule has 1 aromatic heterocycles. The van der Waals surface area contributed by atoms with Crippen molar-refractivity contribution in [3.63, 3.8) is 0 Å². The van der Waals surface area contributed by atoms with Gasteiger partial charge in [0.05, 0.1) is 6.04 Å². The fraction of sp³-hybridized carbons (Fsp3) is 0.292. The number of aliphatic hydroxyl groups excluding tert-OH is 1. The first kappa shape index (κ1) is 24.3. The number of hydrogen-bond donors (Lipinski definition) is 3. The zero-order valence-corrected chi connectivity index (χ0v) is 19.1. The molecule has 0 bridgehead atoms. The molecule has 1 heterocycles. The van der Waals surface area contributed by atoms with Crippen LogP contribution in [-0.2, 0) is 11.3 Å². The number of carbonyl (C=O) groups is 2. The number of rotatable bonds is 9. The summed E-state index contributed by atoms with van der Waals surface area (Å²) in [5.74, 6) is 0.372. The number of carbonyl (C=O) groups excluding carboxylic acids is 2. The summed E-state index contributed by atoms with van der Waals surface area (Å²) in [5, 5.41) is 17.1. The largest absolute Gasteiger partial charge is 0.447 e. The van der Waals surface area contributed by atoms with E-state index in [1.165, 1.54) is 4.90 Å². The molecule has 3 amide bonds. The number of nitrogens with zero attached hydrogens (tertiary/aromatic N) is 2. The number of fused-ring (bicyclic) bond motifs is 1. The van der Waals surface area contributed by atoms with Crippen molar-refractivity contribution >= 4 is 40.3 Å². The highest BCUT2D eigenvalue weighted by Gasteiger charge is 2.21. The number of amides is 3. The average molecular weight is 471 g/mol. The van der Waals surface area contributed by atoms with Crippen LogP contribution in [0.5, 0.6) is 0 Å². The van der Waals surface area contributed by atoms with Crippen LogP contribution in [0, 0.1) is 0 Å². The number of hydrogen-bond acceptors (Lipinski definition) is 5. The molecule has 0 saturated carbocycles. The SMILES string of the molecule is CN(C(=O)NCc1ccccc1Cl)[C@@H](CCCO)COC(=O)Nc1cc2ccccc2cn1. The number of anilines is 1. The number of aliphatic hydroxyl groups is 1. The number of benzene rings is 2. The molecule has 0 radical (unpaired) electrons. The minimum Gasteiger partial charge on any atom is -0.447 e. The first-order valence-corrected chi connectivity index (χ1v) is 11.0. The number of ether oxygens (including phenoxy) is 1. The Balaban J connectivity index is 1.55. The summed E-state index contributed by atoms with van der Waals surface area (Å²) in [4.78, 5) is 30.6. The second-order valence-electron chi connectivity index (χ2n) is 7.52. The van der Waals surface area contributed by atoms with Crippen LogP contribution in [0.3, 0.4) is 0 Å². The first-order valence-electron chi connectivity index (χ1n) is 10.6. The van der Waals surface area contributed by atoms with E-state index in [-0.39, 0.29) is 25.8 Å². The quantitative estimate of drug-likeness (QED) is 0.429. The lowest BCUT2D eigenvalue weighted by atomic mass is 10.1. The Kier molecular flexibility index (Phi) is 8.86. The van der Waals surface area contributed by atoms with Crippen LogP contribution < -0.4 is 10.6 Å². The smallest absolute Gasteiger partial charge is 0.412 e. The van der Waals surface area contributed by atoms with Gasteiger partial charge in [0.15, 0.2) is 0 Å². The van der Waals surface area contributed by atoms with Gasteiger partial charge in [-0.05, 0) is 35.9 Å². The monoisotopic (exact) mass is 470 g/mol. The Morgan fingerprint density at radius 2 is 1.88 bits per heavy atom. The minimum atomic E-state index is -0.670. The maximum Gasteiger partial charge on any atom is 0.412 e. The zero-order valence-electron chi connectivity index (χ0n) is 18.3. The lowest BCUT2D eigenvalue weighted by Crippen LogP contribution is -2.46. The van der Waals surface area contributed by atoms with E-state index in [2.05, 4.69) is 15.6 Å². The number of likely N-dealkylation sites (N-methyl/N-ethyl adjacent to an activating group) is 1. The van der Waals surface area contributed by atoms with Crippen LogP contribution in [-0.4, -0.2) is 53.4 Å². The van der Waals surface area contributed by atoms with Crippen molar-refractivity contribution in [1.82, 2.24) is 15.2 Å². The Labute approximate surface area is 197 Å². The van der Waals surface area contributed by atoms with Crippen molar-refractivity contribution in [3.05, 3.63) is 71.4 Å². The summed E-state index contributed by atoms with van der Waals surface area (Å²) < 4.78 is 5.36. The molecule has 0 aliphatic heterocycles. The van der Waals surface area contributed by atoms with Gasteiger partial charge in [-0.1, -0.05) is 54.1 Å². The van der Waals surface area contributed by atoms with Gasteiger partial charge in [0, 0.05) is 36.8 Å². The number of nitrogens with one attached hydrogen (secondary N) is 2. The van der Waals surface area contributed by atoms with Crippen molar-refractivity contribution in [2.24, 2.45) is 0 Å². The molecular weight excluding hydrogens is 444 g/mol. The third-order valence-corrected chi connectivity index (χ3v) is 5.59. The predicted octanol–water partition coefficient (Wildman–Crippen LogP) is 4.42. The van der Waals surface area contributed by atoms with E-state index < -0.39 is 12.1 Å². The minimum absolute atomic E-state index is 0.0290. The second-order valence-corrected chi connectivity index (χ2v) is 7.93. The Bertz CT molecular complexity index is 1090. The summed E-state index contributed by atoms with van der Waals surface area (Å²) >= 11 is 6.14. The zero-order chi connectivity index (χ0) is 23.6. The van der Waals surface area contributed by atoms with Gasteiger partial charge in [0.1, 0.15) is 12.4 Å². The molecule has 33 heavy (non-hydrogen) atoms. The van der Waals surface area contributed by atoms with Gasteiger partial charge in [0.2, 0.25) is 0 Å². The lowest BCUT2D eigenvalue weighted by Gasteiger charge is -2.28. The predicted molar refractivity (Wildman–Crippen MR) is 128 cm³/mol. The van der Waals surface area contributed by atoms with Crippen LogP contribution in [0.2, 0.25) is 5.02 Å².